The number of amides is 1. The predicted octanol–water partition coefficient (Wildman–Crippen LogP) is 1.38. The monoisotopic (exact) mass is 271 g/mol. The zero-order valence-corrected chi connectivity index (χ0v) is 12.4. The van der Waals surface area contributed by atoms with E-state index in [1.807, 2.05) is 13.8 Å². The molecule has 0 aliphatic rings. The van der Waals surface area contributed by atoms with Crippen LogP contribution >= 0.6 is 0 Å². The van der Waals surface area contributed by atoms with Crippen LogP contribution in [0.4, 0.5) is 0 Å². The number of benzene rings is 2. The molecule has 0 spiro atoms. The first-order valence-corrected chi connectivity index (χ1v) is 7.19. The van der Waals surface area contributed by atoms with Gasteiger partial charge in [0.1, 0.15) is 6.54 Å². The van der Waals surface area contributed by atoms with Crippen LogP contribution < -0.4 is 10.2 Å². The van der Waals surface area contributed by atoms with Crippen molar-refractivity contribution in [3.05, 3.63) is 48.0 Å². The quantitative estimate of drug-likeness (QED) is 0.846. The van der Waals surface area contributed by atoms with Crippen molar-refractivity contribution < 1.29 is 9.69 Å². The second-order valence-electron chi connectivity index (χ2n) is 5.32. The van der Waals surface area contributed by atoms with Gasteiger partial charge in [-0.2, -0.15) is 0 Å². The zero-order valence-electron chi connectivity index (χ0n) is 12.4. The highest BCUT2D eigenvalue weighted by molar-refractivity contribution is 5.83. The molecule has 0 aliphatic carbocycles. The Morgan fingerprint density at radius 3 is 2.60 bits per heavy atom. The minimum Gasteiger partial charge on any atom is -0.351 e. The summed E-state index contributed by atoms with van der Waals surface area (Å²) >= 11 is 0. The lowest BCUT2D eigenvalue weighted by molar-refractivity contribution is -0.908. The molecule has 2 N–H and O–H groups in total. The molecule has 0 radical (unpaired) electrons. The third-order valence-electron chi connectivity index (χ3n) is 3.78. The molecule has 2 aromatic carbocycles. The molecule has 0 bridgehead atoms. The fraction of sp³-hybridized carbons (Fsp3) is 0.353. The highest BCUT2D eigenvalue weighted by atomic mass is 16.2. The number of carbonyl (C=O) groups excluding carboxylic acids is 1. The molecule has 1 unspecified atom stereocenters. The smallest absolute Gasteiger partial charge is 0.278 e. The Balaban J connectivity index is 2.09. The summed E-state index contributed by atoms with van der Waals surface area (Å²) in [6.45, 7) is 5.46. The first-order valence-electron chi connectivity index (χ1n) is 7.19. The van der Waals surface area contributed by atoms with E-state index in [-0.39, 0.29) is 11.9 Å². The third-order valence-corrected chi connectivity index (χ3v) is 3.78. The Bertz CT molecular complexity index is 594. The van der Waals surface area contributed by atoms with Crippen molar-refractivity contribution >= 4 is 16.7 Å². The maximum Gasteiger partial charge on any atom is 0.278 e. The molecule has 0 saturated carbocycles. The summed E-state index contributed by atoms with van der Waals surface area (Å²) in [7, 11) is 2.06. The van der Waals surface area contributed by atoms with Crippen LogP contribution in [-0.2, 0) is 11.3 Å². The molecule has 0 fully saturated rings. The fourth-order valence-electron chi connectivity index (χ4n) is 2.37. The van der Waals surface area contributed by atoms with Gasteiger partial charge in [-0.25, -0.2) is 0 Å². The Morgan fingerprint density at radius 2 is 1.90 bits per heavy atom. The van der Waals surface area contributed by atoms with Crippen molar-refractivity contribution in [1.82, 2.24) is 5.32 Å². The fourth-order valence-corrected chi connectivity index (χ4v) is 2.37. The van der Waals surface area contributed by atoms with Crippen LogP contribution in [0.25, 0.3) is 10.8 Å². The third kappa shape index (κ3) is 3.36. The van der Waals surface area contributed by atoms with Gasteiger partial charge >= 0.3 is 0 Å². The molecule has 0 saturated heterocycles. The van der Waals surface area contributed by atoms with E-state index in [2.05, 4.69) is 54.8 Å². The Labute approximate surface area is 120 Å². The van der Waals surface area contributed by atoms with Crippen LogP contribution in [0.5, 0.6) is 0 Å². The summed E-state index contributed by atoms with van der Waals surface area (Å²) in [5.74, 6) is 0.116. The van der Waals surface area contributed by atoms with E-state index in [9.17, 15) is 4.79 Å². The second-order valence-corrected chi connectivity index (χ2v) is 5.32. The largest absolute Gasteiger partial charge is 0.351 e. The molecular formula is C17H23N2O+. The van der Waals surface area contributed by atoms with Crippen molar-refractivity contribution in [3.8, 4) is 0 Å². The highest BCUT2D eigenvalue weighted by Crippen LogP contribution is 2.14. The average Bonchev–Trinajstić information content (AvgIpc) is 2.46. The summed E-state index contributed by atoms with van der Waals surface area (Å²) in [6, 6.07) is 14.8. The molecule has 106 valence electrons. The molecule has 3 nitrogen and oxygen atoms in total. The van der Waals surface area contributed by atoms with Gasteiger partial charge in [-0.1, -0.05) is 36.4 Å². The van der Waals surface area contributed by atoms with Crippen LogP contribution in [0.1, 0.15) is 19.4 Å². The molecule has 0 aliphatic heterocycles. The molecule has 2 rings (SSSR count). The van der Waals surface area contributed by atoms with Crippen molar-refractivity contribution in [2.75, 3.05) is 13.6 Å². The van der Waals surface area contributed by atoms with Gasteiger partial charge in [-0.15, -0.1) is 0 Å². The number of rotatable bonds is 5. The maximum atomic E-state index is 11.9. The van der Waals surface area contributed by atoms with Gasteiger partial charge in [0.15, 0.2) is 6.04 Å². The molecular weight excluding hydrogens is 248 g/mol. The Morgan fingerprint density at radius 1 is 1.20 bits per heavy atom. The van der Waals surface area contributed by atoms with E-state index in [1.165, 1.54) is 21.2 Å². The minimum absolute atomic E-state index is 0.0404. The van der Waals surface area contributed by atoms with E-state index < -0.39 is 0 Å². The normalized spacial score (nSPS) is 13.9. The number of likely N-dealkylation sites (N-methyl/N-ethyl adjacent to an activating group) is 2. The molecule has 0 aromatic heterocycles. The van der Waals surface area contributed by atoms with E-state index in [0.717, 1.165) is 6.54 Å². The summed E-state index contributed by atoms with van der Waals surface area (Å²) in [6.07, 6.45) is 0. The van der Waals surface area contributed by atoms with E-state index in [0.29, 0.717) is 6.54 Å². The zero-order chi connectivity index (χ0) is 14.5. The summed E-state index contributed by atoms with van der Waals surface area (Å²) < 4.78 is 0. The molecule has 1 amide bonds. The Kier molecular flexibility index (Phi) is 4.74. The average molecular weight is 271 g/mol. The SMILES string of the molecule is CCNC(=O)[C@@H](C)[NH+](C)Cc1ccc2ccccc2c1. The number of hydrogen-bond acceptors (Lipinski definition) is 1. The van der Waals surface area contributed by atoms with Gasteiger partial charge in [0, 0.05) is 12.1 Å². The van der Waals surface area contributed by atoms with Crippen molar-refractivity contribution in [2.45, 2.75) is 26.4 Å². The maximum absolute atomic E-state index is 11.9. The van der Waals surface area contributed by atoms with E-state index >= 15 is 0 Å². The predicted molar refractivity (Wildman–Crippen MR) is 82.7 cm³/mol. The standard InChI is InChI=1S/C17H22N2O/c1-4-18-17(20)13(2)19(3)12-14-9-10-15-7-5-6-8-16(15)11-14/h5-11,13H,4,12H2,1-3H3,(H,18,20)/p+1/t13-/m1/s1. The number of hydrogen-bond donors (Lipinski definition) is 2. The highest BCUT2D eigenvalue weighted by Gasteiger charge is 2.20. The van der Waals surface area contributed by atoms with Gasteiger partial charge in [0.05, 0.1) is 7.05 Å². The number of nitrogens with one attached hydrogen (secondary N) is 2. The second kappa shape index (κ2) is 6.53. The number of carbonyl (C=O) groups is 1. The Hall–Kier alpha value is -1.87. The molecule has 3 heteroatoms. The van der Waals surface area contributed by atoms with Gasteiger partial charge in [0.2, 0.25) is 0 Å². The van der Waals surface area contributed by atoms with Crippen molar-refractivity contribution in [1.29, 1.82) is 0 Å². The van der Waals surface area contributed by atoms with Crippen molar-refractivity contribution in [2.24, 2.45) is 0 Å². The lowest BCUT2D eigenvalue weighted by Gasteiger charge is -2.21. The van der Waals surface area contributed by atoms with Gasteiger partial charge in [-0.3, -0.25) is 4.79 Å². The summed E-state index contributed by atoms with van der Waals surface area (Å²) in [4.78, 5) is 13.1. The number of fused-ring (bicyclic) bond motifs is 1. The van der Waals surface area contributed by atoms with Crippen LogP contribution in [0.2, 0.25) is 0 Å². The molecule has 2 atom stereocenters. The van der Waals surface area contributed by atoms with Gasteiger partial charge in [0.25, 0.3) is 5.91 Å². The molecule has 2 aromatic rings. The van der Waals surface area contributed by atoms with E-state index in [4.69, 9.17) is 0 Å². The molecule has 0 heterocycles. The summed E-state index contributed by atoms with van der Waals surface area (Å²) in [5, 5.41) is 5.39. The van der Waals surface area contributed by atoms with Gasteiger partial charge < -0.3 is 10.2 Å². The first-order chi connectivity index (χ1) is 9.61. The van der Waals surface area contributed by atoms with Crippen molar-refractivity contribution in [3.63, 3.8) is 0 Å². The van der Waals surface area contributed by atoms with Crippen LogP contribution in [0, 0.1) is 0 Å². The van der Waals surface area contributed by atoms with Gasteiger partial charge in [-0.05, 0) is 30.7 Å². The van der Waals surface area contributed by atoms with Crippen LogP contribution in [0.15, 0.2) is 42.5 Å². The minimum atomic E-state index is -0.0404. The van der Waals surface area contributed by atoms with E-state index in [1.54, 1.807) is 0 Å². The first kappa shape index (κ1) is 14.5. The lowest BCUT2D eigenvalue weighted by atomic mass is 10.1. The summed E-state index contributed by atoms with van der Waals surface area (Å²) in [5.41, 5.74) is 1.26. The lowest BCUT2D eigenvalue weighted by Crippen LogP contribution is -3.12. The number of quaternary nitrogens is 1. The van der Waals surface area contributed by atoms with Crippen LogP contribution in [-0.4, -0.2) is 25.5 Å². The van der Waals surface area contributed by atoms with Crippen LogP contribution in [0.3, 0.4) is 0 Å². The molecule has 20 heavy (non-hydrogen) atoms. The topological polar surface area (TPSA) is 33.5 Å².